The van der Waals surface area contributed by atoms with Gasteiger partial charge in [0, 0.05) is 13.2 Å². The normalized spacial score (nSPS) is 64.7. The van der Waals surface area contributed by atoms with E-state index in [0.29, 0.717) is 25.0 Å². The van der Waals surface area contributed by atoms with Crippen molar-refractivity contribution in [3.05, 3.63) is 0 Å². The molecule has 5 aliphatic carbocycles. The van der Waals surface area contributed by atoms with Crippen molar-refractivity contribution >= 4 is 0 Å². The third-order valence-corrected chi connectivity index (χ3v) is 8.16. The van der Waals surface area contributed by atoms with Crippen LogP contribution in [-0.2, 0) is 0 Å². The molecule has 5 aliphatic rings. The molecule has 0 radical (unpaired) electrons. The Morgan fingerprint density at radius 2 is 1.37 bits per heavy atom. The van der Waals surface area contributed by atoms with E-state index in [-0.39, 0.29) is 0 Å². The Labute approximate surface area is 115 Å². The second-order valence-electron chi connectivity index (χ2n) is 8.40. The quantitative estimate of drug-likeness (QED) is 0.749. The Bertz CT molecular complexity index is 395. The van der Waals surface area contributed by atoms with Crippen LogP contribution in [0.25, 0.3) is 0 Å². The van der Waals surface area contributed by atoms with Gasteiger partial charge in [-0.05, 0) is 91.3 Å². The van der Waals surface area contributed by atoms with Crippen LogP contribution in [0.4, 0.5) is 0 Å². The van der Waals surface area contributed by atoms with Crippen molar-refractivity contribution in [1.29, 1.82) is 0 Å². The summed E-state index contributed by atoms with van der Waals surface area (Å²) >= 11 is 0. The van der Waals surface area contributed by atoms with Crippen LogP contribution in [0, 0.1) is 59.2 Å². The van der Waals surface area contributed by atoms with Crippen LogP contribution < -0.4 is 0 Å². The monoisotopic (exact) mass is 262 g/mol. The van der Waals surface area contributed by atoms with Crippen molar-refractivity contribution in [2.24, 2.45) is 59.2 Å². The maximum Gasteiger partial charge on any atom is 0.0462 e. The van der Waals surface area contributed by atoms with Crippen molar-refractivity contribution in [1.82, 2.24) is 0 Å². The lowest BCUT2D eigenvalue weighted by Crippen LogP contribution is -2.39. The minimum Gasteiger partial charge on any atom is -0.396 e. The molecule has 19 heavy (non-hydrogen) atoms. The molecular weight excluding hydrogens is 236 g/mol. The molecule has 0 saturated heterocycles. The summed E-state index contributed by atoms with van der Waals surface area (Å²) in [6, 6.07) is 0. The Morgan fingerprint density at radius 1 is 0.632 bits per heavy atom. The number of aliphatic hydroxyl groups excluding tert-OH is 2. The van der Waals surface area contributed by atoms with Gasteiger partial charge in [0.1, 0.15) is 0 Å². The highest BCUT2D eigenvalue weighted by Gasteiger charge is 2.68. The van der Waals surface area contributed by atoms with E-state index in [1.54, 1.807) is 0 Å². The number of rotatable bonds is 2. The third kappa shape index (κ3) is 1.26. The molecule has 0 aromatic heterocycles. The van der Waals surface area contributed by atoms with Gasteiger partial charge in [-0.1, -0.05) is 0 Å². The zero-order chi connectivity index (χ0) is 12.7. The largest absolute Gasteiger partial charge is 0.396 e. The lowest BCUT2D eigenvalue weighted by molar-refractivity contribution is 0.0293. The van der Waals surface area contributed by atoms with Crippen molar-refractivity contribution in [3.63, 3.8) is 0 Å². The molecule has 5 fully saturated rings. The van der Waals surface area contributed by atoms with Crippen LogP contribution >= 0.6 is 0 Å². The molecule has 5 rings (SSSR count). The number of aliphatic hydroxyl groups is 2. The highest BCUT2D eigenvalue weighted by molar-refractivity contribution is 5.16. The minimum atomic E-state index is 0.424. The minimum absolute atomic E-state index is 0.424. The van der Waals surface area contributed by atoms with Gasteiger partial charge in [-0.15, -0.1) is 0 Å². The average molecular weight is 262 g/mol. The van der Waals surface area contributed by atoms with Crippen LogP contribution in [0.2, 0.25) is 0 Å². The van der Waals surface area contributed by atoms with Gasteiger partial charge in [0.05, 0.1) is 0 Å². The fourth-order valence-corrected chi connectivity index (χ4v) is 7.93. The molecule has 0 spiro atoms. The predicted octanol–water partition coefficient (Wildman–Crippen LogP) is 2.15. The summed E-state index contributed by atoms with van der Waals surface area (Å²) in [5, 5.41) is 19.1. The van der Waals surface area contributed by atoms with E-state index in [1.165, 1.54) is 32.1 Å². The molecule has 0 aliphatic heterocycles. The standard InChI is InChI=1S/C17H26O2/c18-6-8-1-12-13(2-8)15-5-14(12)16-9-3-10(7-19)11(4-9)17(15)16/h8-19H,1-7H2/t8?,9-,10?,11-,12?,13?,14-,15+,16?,17?/m0/s1. The number of hydrogen-bond donors (Lipinski definition) is 2. The summed E-state index contributed by atoms with van der Waals surface area (Å²) in [6.07, 6.45) is 6.91. The van der Waals surface area contributed by atoms with Gasteiger partial charge in [-0.3, -0.25) is 0 Å². The first-order valence-electron chi connectivity index (χ1n) is 8.53. The summed E-state index contributed by atoms with van der Waals surface area (Å²) in [7, 11) is 0. The zero-order valence-electron chi connectivity index (χ0n) is 11.6. The van der Waals surface area contributed by atoms with Crippen molar-refractivity contribution < 1.29 is 10.2 Å². The van der Waals surface area contributed by atoms with Crippen molar-refractivity contribution in [2.75, 3.05) is 13.2 Å². The van der Waals surface area contributed by atoms with Crippen molar-refractivity contribution in [3.8, 4) is 0 Å². The van der Waals surface area contributed by atoms with E-state index in [2.05, 4.69) is 0 Å². The summed E-state index contributed by atoms with van der Waals surface area (Å²) in [5.74, 6) is 8.96. The Kier molecular flexibility index (Phi) is 2.29. The van der Waals surface area contributed by atoms with E-state index < -0.39 is 0 Å². The van der Waals surface area contributed by atoms with Crippen LogP contribution in [0.5, 0.6) is 0 Å². The van der Waals surface area contributed by atoms with Crippen LogP contribution in [-0.4, -0.2) is 23.4 Å². The molecule has 106 valence electrons. The highest BCUT2D eigenvalue weighted by atomic mass is 16.3. The Morgan fingerprint density at radius 3 is 2.05 bits per heavy atom. The first-order chi connectivity index (χ1) is 9.31. The van der Waals surface area contributed by atoms with Crippen LogP contribution in [0.3, 0.4) is 0 Å². The lowest BCUT2D eigenvalue weighted by atomic mass is 9.62. The maximum absolute atomic E-state index is 9.61. The van der Waals surface area contributed by atoms with Gasteiger partial charge < -0.3 is 10.2 Å². The second-order valence-corrected chi connectivity index (χ2v) is 8.40. The average Bonchev–Trinajstić information content (AvgIpc) is 3.17. The summed E-state index contributed by atoms with van der Waals surface area (Å²) < 4.78 is 0. The van der Waals surface area contributed by atoms with E-state index in [4.69, 9.17) is 0 Å². The molecule has 2 heteroatoms. The van der Waals surface area contributed by atoms with Gasteiger partial charge in [-0.25, -0.2) is 0 Å². The molecule has 5 saturated carbocycles. The van der Waals surface area contributed by atoms with Crippen LogP contribution in [0.1, 0.15) is 32.1 Å². The highest BCUT2D eigenvalue weighted by Crippen LogP contribution is 2.74. The van der Waals surface area contributed by atoms with Gasteiger partial charge in [0.2, 0.25) is 0 Å². The van der Waals surface area contributed by atoms with E-state index >= 15 is 0 Å². The molecule has 2 nitrogen and oxygen atoms in total. The molecule has 2 N–H and O–H groups in total. The molecular formula is C17H26O2. The maximum atomic E-state index is 9.61. The Hall–Kier alpha value is -0.0800. The molecule has 0 amide bonds. The van der Waals surface area contributed by atoms with E-state index in [1.807, 2.05) is 0 Å². The van der Waals surface area contributed by atoms with E-state index in [0.717, 1.165) is 47.3 Å². The molecule has 4 bridgehead atoms. The second kappa shape index (κ2) is 3.76. The molecule has 6 unspecified atom stereocenters. The number of hydrogen-bond acceptors (Lipinski definition) is 2. The van der Waals surface area contributed by atoms with Gasteiger partial charge in [-0.2, -0.15) is 0 Å². The lowest BCUT2D eigenvalue weighted by Gasteiger charge is -2.43. The molecule has 0 aromatic rings. The zero-order valence-corrected chi connectivity index (χ0v) is 11.6. The fourth-order valence-electron chi connectivity index (χ4n) is 7.93. The topological polar surface area (TPSA) is 40.5 Å². The van der Waals surface area contributed by atoms with E-state index in [9.17, 15) is 10.2 Å². The number of fused-ring (bicyclic) bond motifs is 12. The van der Waals surface area contributed by atoms with Crippen LogP contribution in [0.15, 0.2) is 0 Å². The van der Waals surface area contributed by atoms with Gasteiger partial charge >= 0.3 is 0 Å². The van der Waals surface area contributed by atoms with Gasteiger partial charge in [0.25, 0.3) is 0 Å². The van der Waals surface area contributed by atoms with Crippen molar-refractivity contribution in [2.45, 2.75) is 32.1 Å². The summed E-state index contributed by atoms with van der Waals surface area (Å²) in [4.78, 5) is 0. The summed E-state index contributed by atoms with van der Waals surface area (Å²) in [5.41, 5.74) is 0. The third-order valence-electron chi connectivity index (χ3n) is 8.16. The molecule has 0 heterocycles. The van der Waals surface area contributed by atoms with Gasteiger partial charge in [0.15, 0.2) is 0 Å². The smallest absolute Gasteiger partial charge is 0.0462 e. The summed E-state index contributed by atoms with van der Waals surface area (Å²) in [6.45, 7) is 0.864. The molecule has 10 atom stereocenters. The predicted molar refractivity (Wildman–Crippen MR) is 72.2 cm³/mol. The fraction of sp³-hybridized carbons (Fsp3) is 1.00. The molecule has 0 aromatic carbocycles. The Balaban J connectivity index is 1.46. The first-order valence-corrected chi connectivity index (χ1v) is 8.53. The first kappa shape index (κ1) is 11.6. The SMILES string of the molecule is OCC1CC2C(C1)[C@@H]1C[C@H]2C2C1[C@H]1CC(CO)[C@@H]2C1.